The number of carbonyl (C=O) groups excluding carboxylic acids is 3. The van der Waals surface area contributed by atoms with Crippen LogP contribution >= 0.6 is 0 Å². The van der Waals surface area contributed by atoms with Crippen molar-refractivity contribution in [2.75, 3.05) is 52.6 Å². The predicted octanol–water partition coefficient (Wildman–Crippen LogP) is 2.79. The van der Waals surface area contributed by atoms with E-state index in [4.69, 9.17) is 19.9 Å². The highest BCUT2D eigenvalue weighted by molar-refractivity contribution is 6.46. The largest absolute Gasteiger partial charge is 0.507 e. The number of ketones is 1. The Bertz CT molecular complexity index is 1250. The molecule has 10 heteroatoms. The van der Waals surface area contributed by atoms with E-state index in [-0.39, 0.29) is 17.9 Å². The Kier molecular flexibility index (Phi) is 9.79. The van der Waals surface area contributed by atoms with E-state index in [1.807, 2.05) is 13.0 Å². The number of nitrogens with two attached hydrogens (primary N) is 1. The van der Waals surface area contributed by atoms with E-state index in [0.29, 0.717) is 55.5 Å². The van der Waals surface area contributed by atoms with Crippen molar-refractivity contribution in [2.24, 2.45) is 5.73 Å². The van der Waals surface area contributed by atoms with Crippen molar-refractivity contribution in [1.29, 1.82) is 0 Å². The predicted molar refractivity (Wildman–Crippen MR) is 149 cm³/mol. The summed E-state index contributed by atoms with van der Waals surface area (Å²) in [4.78, 5) is 41.5. The van der Waals surface area contributed by atoms with Crippen molar-refractivity contribution in [3.8, 4) is 11.5 Å². The molecule has 0 spiro atoms. The summed E-state index contributed by atoms with van der Waals surface area (Å²) in [6.07, 6.45) is 1.95. The van der Waals surface area contributed by atoms with Crippen molar-refractivity contribution < 1.29 is 33.7 Å². The number of primary amides is 1. The number of hydrogen-bond donors (Lipinski definition) is 2. The third-order valence-corrected chi connectivity index (χ3v) is 7.10. The van der Waals surface area contributed by atoms with Crippen LogP contribution < -0.4 is 15.2 Å². The molecular weight excluding hydrogens is 514 g/mol. The molecule has 10 nitrogen and oxygen atoms in total. The molecule has 0 aromatic heterocycles. The minimum absolute atomic E-state index is 0.0283. The summed E-state index contributed by atoms with van der Waals surface area (Å²) < 4.78 is 16.6. The molecule has 2 heterocycles. The van der Waals surface area contributed by atoms with Gasteiger partial charge in [0.25, 0.3) is 17.6 Å². The first kappa shape index (κ1) is 29.1. The molecular formula is C30H37N3O7. The summed E-state index contributed by atoms with van der Waals surface area (Å²) in [5, 5.41) is 11.5. The van der Waals surface area contributed by atoms with Crippen LogP contribution in [0, 0.1) is 6.92 Å². The summed E-state index contributed by atoms with van der Waals surface area (Å²) >= 11 is 0. The average molecular weight is 552 g/mol. The topological polar surface area (TPSA) is 132 Å². The SMILES string of the molecule is CCCCOc1ccc(/C(O)=C2\C(=O)C(=O)N(CCN3CCOCC3)C2c2ccc(OCC(N)=O)cc2)c(C)c1. The van der Waals surface area contributed by atoms with Crippen LogP contribution in [0.1, 0.15) is 42.5 Å². The number of unbranched alkanes of at least 4 members (excludes halogenated alkanes) is 1. The molecule has 2 fully saturated rings. The van der Waals surface area contributed by atoms with E-state index in [0.717, 1.165) is 31.5 Å². The molecule has 2 saturated heterocycles. The van der Waals surface area contributed by atoms with Crippen LogP contribution in [0.4, 0.5) is 0 Å². The van der Waals surface area contributed by atoms with Gasteiger partial charge in [-0.1, -0.05) is 25.5 Å². The molecule has 1 atom stereocenters. The Morgan fingerprint density at radius 3 is 2.40 bits per heavy atom. The molecule has 2 aromatic carbocycles. The molecule has 2 aliphatic rings. The number of hydrogen-bond acceptors (Lipinski definition) is 8. The summed E-state index contributed by atoms with van der Waals surface area (Å²) in [6, 6.07) is 11.2. The van der Waals surface area contributed by atoms with Gasteiger partial charge in [0.15, 0.2) is 6.61 Å². The number of benzene rings is 2. The van der Waals surface area contributed by atoms with E-state index in [9.17, 15) is 19.5 Å². The van der Waals surface area contributed by atoms with Crippen molar-refractivity contribution >= 4 is 23.4 Å². The number of carbonyl (C=O) groups is 3. The van der Waals surface area contributed by atoms with Gasteiger partial charge in [0, 0.05) is 31.7 Å². The zero-order chi connectivity index (χ0) is 28.6. The normalized spacial score (nSPS) is 19.1. The average Bonchev–Trinajstić information content (AvgIpc) is 3.20. The Hall–Kier alpha value is -3.89. The van der Waals surface area contributed by atoms with Gasteiger partial charge < -0.3 is 30.0 Å². The number of aliphatic hydroxyl groups excluding tert-OH is 1. The van der Waals surface area contributed by atoms with Gasteiger partial charge in [-0.25, -0.2) is 0 Å². The smallest absolute Gasteiger partial charge is 0.295 e. The lowest BCUT2D eigenvalue weighted by atomic mass is 9.94. The van der Waals surface area contributed by atoms with Crippen molar-refractivity contribution in [3.63, 3.8) is 0 Å². The van der Waals surface area contributed by atoms with Crippen LogP contribution in [0.15, 0.2) is 48.0 Å². The second kappa shape index (κ2) is 13.5. The molecule has 40 heavy (non-hydrogen) atoms. The monoisotopic (exact) mass is 551 g/mol. The van der Waals surface area contributed by atoms with E-state index in [2.05, 4.69) is 11.8 Å². The standard InChI is InChI=1S/C30H37N3O7/c1-3-4-15-39-23-9-10-24(20(2)18-23)28(35)26-27(21-5-7-22(8-6-21)40-19-25(31)34)33(30(37)29(26)36)12-11-32-13-16-38-17-14-32/h5-10,18,27,35H,3-4,11-17,19H2,1-2H3,(H2,31,34)/b28-26+. The maximum absolute atomic E-state index is 13.4. The first-order chi connectivity index (χ1) is 19.3. The first-order valence-electron chi connectivity index (χ1n) is 13.6. The van der Waals surface area contributed by atoms with E-state index in [1.54, 1.807) is 36.4 Å². The van der Waals surface area contributed by atoms with Gasteiger partial charge in [-0.2, -0.15) is 0 Å². The maximum Gasteiger partial charge on any atom is 0.295 e. The number of amides is 2. The van der Waals surface area contributed by atoms with Gasteiger partial charge in [0.05, 0.1) is 31.4 Å². The lowest BCUT2D eigenvalue weighted by Crippen LogP contribution is -2.42. The molecule has 2 aliphatic heterocycles. The zero-order valence-electron chi connectivity index (χ0n) is 23.1. The van der Waals surface area contributed by atoms with Gasteiger partial charge in [0.2, 0.25) is 0 Å². The number of Topliss-reactive ketones (excluding diaryl/α,β-unsaturated/α-hetero) is 1. The van der Waals surface area contributed by atoms with Crippen LogP contribution in [0.3, 0.4) is 0 Å². The number of aliphatic hydroxyl groups is 1. The van der Waals surface area contributed by atoms with Crippen LogP contribution in [-0.4, -0.2) is 85.1 Å². The molecule has 1 unspecified atom stereocenters. The summed E-state index contributed by atoms with van der Waals surface area (Å²) in [6.45, 7) is 7.83. The highest BCUT2D eigenvalue weighted by atomic mass is 16.5. The Balaban J connectivity index is 1.68. The van der Waals surface area contributed by atoms with Crippen LogP contribution in [0.2, 0.25) is 0 Å². The molecule has 0 radical (unpaired) electrons. The molecule has 3 N–H and O–H groups in total. The van der Waals surface area contributed by atoms with Crippen molar-refractivity contribution in [1.82, 2.24) is 9.80 Å². The van der Waals surface area contributed by atoms with Crippen LogP contribution in [0.25, 0.3) is 5.76 Å². The summed E-state index contributed by atoms with van der Waals surface area (Å²) in [5.74, 6) is -1.13. The molecule has 0 bridgehead atoms. The molecule has 0 aliphatic carbocycles. The Morgan fingerprint density at radius 2 is 1.75 bits per heavy atom. The number of ether oxygens (including phenoxy) is 3. The third-order valence-electron chi connectivity index (χ3n) is 7.10. The van der Waals surface area contributed by atoms with E-state index in [1.165, 1.54) is 4.90 Å². The lowest BCUT2D eigenvalue weighted by molar-refractivity contribution is -0.140. The van der Waals surface area contributed by atoms with Gasteiger partial charge in [-0.15, -0.1) is 0 Å². The summed E-state index contributed by atoms with van der Waals surface area (Å²) in [7, 11) is 0. The second-order valence-electron chi connectivity index (χ2n) is 9.95. The quantitative estimate of drug-likeness (QED) is 0.178. The minimum atomic E-state index is -0.800. The fraction of sp³-hybridized carbons (Fsp3) is 0.433. The highest BCUT2D eigenvalue weighted by Crippen LogP contribution is 2.40. The van der Waals surface area contributed by atoms with Gasteiger partial charge >= 0.3 is 0 Å². The maximum atomic E-state index is 13.4. The highest BCUT2D eigenvalue weighted by Gasteiger charge is 2.46. The second-order valence-corrected chi connectivity index (χ2v) is 9.95. The van der Waals surface area contributed by atoms with Crippen molar-refractivity contribution in [3.05, 3.63) is 64.7 Å². The first-order valence-corrected chi connectivity index (χ1v) is 13.6. The van der Waals surface area contributed by atoms with Gasteiger partial charge in [-0.3, -0.25) is 19.3 Å². The fourth-order valence-electron chi connectivity index (χ4n) is 4.90. The van der Waals surface area contributed by atoms with Crippen LogP contribution in [0.5, 0.6) is 11.5 Å². The summed E-state index contributed by atoms with van der Waals surface area (Å²) in [5.41, 5.74) is 7.01. The molecule has 2 aromatic rings. The van der Waals surface area contributed by atoms with Crippen LogP contribution in [-0.2, 0) is 19.1 Å². The third kappa shape index (κ3) is 6.81. The minimum Gasteiger partial charge on any atom is -0.507 e. The molecule has 2 amide bonds. The van der Waals surface area contributed by atoms with Gasteiger partial charge in [-0.05, 0) is 54.8 Å². The van der Waals surface area contributed by atoms with E-state index < -0.39 is 23.6 Å². The number of rotatable bonds is 12. The lowest BCUT2D eigenvalue weighted by Gasteiger charge is -2.31. The molecule has 214 valence electrons. The Labute approximate surface area is 234 Å². The number of aryl methyl sites for hydroxylation is 1. The molecule has 4 rings (SSSR count). The Morgan fingerprint density at radius 1 is 1.05 bits per heavy atom. The molecule has 0 saturated carbocycles. The number of nitrogens with zero attached hydrogens (tertiary/aromatic N) is 2. The van der Waals surface area contributed by atoms with E-state index >= 15 is 0 Å². The number of morpholine rings is 1. The number of likely N-dealkylation sites (tertiary alicyclic amines) is 1. The van der Waals surface area contributed by atoms with Gasteiger partial charge in [0.1, 0.15) is 17.3 Å². The zero-order valence-corrected chi connectivity index (χ0v) is 23.1. The fourth-order valence-corrected chi connectivity index (χ4v) is 4.90. The van der Waals surface area contributed by atoms with Crippen molar-refractivity contribution in [2.45, 2.75) is 32.7 Å².